The summed E-state index contributed by atoms with van der Waals surface area (Å²) >= 11 is 0. The van der Waals surface area contributed by atoms with E-state index in [0.717, 1.165) is 0 Å². The van der Waals surface area contributed by atoms with Gasteiger partial charge < -0.3 is 4.74 Å². The van der Waals surface area contributed by atoms with E-state index in [-0.39, 0.29) is 22.8 Å². The van der Waals surface area contributed by atoms with E-state index >= 15 is 0 Å². The summed E-state index contributed by atoms with van der Waals surface area (Å²) in [7, 11) is -3.79. The third-order valence-corrected chi connectivity index (χ3v) is 5.45. The maximum absolute atomic E-state index is 12.5. The summed E-state index contributed by atoms with van der Waals surface area (Å²) < 4.78 is 32.7. The molecule has 0 spiro atoms. The molecule has 0 radical (unpaired) electrons. The Morgan fingerprint density at radius 1 is 1.14 bits per heavy atom. The van der Waals surface area contributed by atoms with Crippen molar-refractivity contribution in [2.45, 2.75) is 44.7 Å². The van der Waals surface area contributed by atoms with E-state index in [1.165, 1.54) is 36.4 Å². The Labute approximate surface area is 163 Å². The van der Waals surface area contributed by atoms with Crippen LogP contribution in [0.2, 0.25) is 0 Å². The fraction of sp³-hybridized carbons (Fsp3) is 0.316. The lowest BCUT2D eigenvalue weighted by molar-refractivity contribution is -0.384. The van der Waals surface area contributed by atoms with Gasteiger partial charge in [0.05, 0.1) is 15.4 Å². The summed E-state index contributed by atoms with van der Waals surface area (Å²) in [4.78, 5) is 22.5. The molecule has 0 fully saturated rings. The second kappa shape index (κ2) is 8.07. The summed E-state index contributed by atoms with van der Waals surface area (Å²) in [5.41, 5.74) is 0.562. The lowest BCUT2D eigenvalue weighted by Gasteiger charge is -2.20. The fourth-order valence-corrected chi connectivity index (χ4v) is 3.83. The monoisotopic (exact) mass is 406 g/mol. The topological polar surface area (TPSA) is 116 Å². The second-order valence-corrected chi connectivity index (χ2v) is 9.01. The number of sulfonamides is 1. The lowest BCUT2D eigenvalue weighted by atomic mass is 10.1. The van der Waals surface area contributed by atoms with Gasteiger partial charge in [-0.15, -0.1) is 0 Å². The molecule has 0 aliphatic carbocycles. The van der Waals surface area contributed by atoms with Crippen molar-refractivity contribution in [3.8, 4) is 0 Å². The Hall–Kier alpha value is -2.78. The van der Waals surface area contributed by atoms with Gasteiger partial charge in [-0.3, -0.25) is 10.1 Å². The van der Waals surface area contributed by atoms with E-state index in [1.54, 1.807) is 33.8 Å². The largest absolute Gasteiger partial charge is 0.457 e. The van der Waals surface area contributed by atoms with Gasteiger partial charge >= 0.3 is 5.97 Å². The van der Waals surface area contributed by atoms with E-state index in [2.05, 4.69) is 4.72 Å². The van der Waals surface area contributed by atoms with Crippen LogP contribution in [0, 0.1) is 17.0 Å². The number of carbonyl (C=O) groups is 1. The van der Waals surface area contributed by atoms with E-state index in [0.29, 0.717) is 11.1 Å². The van der Waals surface area contributed by atoms with Crippen LogP contribution < -0.4 is 4.72 Å². The first-order valence-corrected chi connectivity index (χ1v) is 9.92. The summed E-state index contributed by atoms with van der Waals surface area (Å²) in [5, 5.41) is 10.7. The van der Waals surface area contributed by atoms with Gasteiger partial charge in [-0.25, -0.2) is 17.9 Å². The minimum atomic E-state index is -3.79. The number of hydrogen-bond donors (Lipinski definition) is 1. The molecular weight excluding hydrogens is 384 g/mol. The summed E-state index contributed by atoms with van der Waals surface area (Å²) in [6.07, 6.45) is 0. The molecule has 9 heteroatoms. The number of nitro benzene ring substituents is 1. The van der Waals surface area contributed by atoms with Crippen molar-refractivity contribution in [2.75, 3.05) is 0 Å². The third kappa shape index (κ3) is 5.61. The fourth-order valence-electron chi connectivity index (χ4n) is 2.39. The molecule has 0 unspecified atom stereocenters. The molecule has 2 aromatic rings. The van der Waals surface area contributed by atoms with E-state index < -0.39 is 26.5 Å². The number of non-ortho nitro benzene ring substituents is 1. The zero-order valence-corrected chi connectivity index (χ0v) is 16.9. The summed E-state index contributed by atoms with van der Waals surface area (Å²) in [5.74, 6) is -0.677. The molecular formula is C19H22N2O6S. The highest BCUT2D eigenvalue weighted by Gasteiger charge is 2.24. The average molecular weight is 406 g/mol. The highest BCUT2D eigenvalue weighted by atomic mass is 32.2. The smallest absolute Gasteiger partial charge is 0.338 e. The number of nitrogens with one attached hydrogen (secondary N) is 1. The Bertz CT molecular complexity index is 992. The maximum Gasteiger partial charge on any atom is 0.338 e. The van der Waals surface area contributed by atoms with Crippen molar-refractivity contribution < 1.29 is 22.9 Å². The van der Waals surface area contributed by atoms with Crippen molar-refractivity contribution in [1.82, 2.24) is 4.72 Å². The Balaban J connectivity index is 2.18. The number of esters is 1. The normalized spacial score (nSPS) is 11.9. The molecule has 150 valence electrons. The molecule has 0 atom stereocenters. The third-order valence-electron chi connectivity index (χ3n) is 3.70. The van der Waals surface area contributed by atoms with Gasteiger partial charge in [0.25, 0.3) is 5.69 Å². The van der Waals surface area contributed by atoms with Gasteiger partial charge in [-0.1, -0.05) is 6.07 Å². The predicted molar refractivity (Wildman–Crippen MR) is 103 cm³/mol. The molecule has 0 aliphatic rings. The number of carbonyl (C=O) groups excluding carboxylic acids is 1. The minimum Gasteiger partial charge on any atom is -0.457 e. The Kier molecular flexibility index (Phi) is 6.20. The molecule has 8 nitrogen and oxygen atoms in total. The number of nitrogens with zero attached hydrogens (tertiary/aromatic N) is 1. The number of hydrogen-bond acceptors (Lipinski definition) is 6. The molecule has 0 amide bonds. The molecule has 0 heterocycles. The van der Waals surface area contributed by atoms with Crippen LogP contribution in [-0.2, 0) is 21.4 Å². The van der Waals surface area contributed by atoms with Crippen LogP contribution >= 0.6 is 0 Å². The first kappa shape index (κ1) is 21.5. The quantitative estimate of drug-likeness (QED) is 0.447. The van der Waals surface area contributed by atoms with Crippen LogP contribution in [0.1, 0.15) is 42.3 Å². The molecule has 1 N–H and O–H groups in total. The minimum absolute atomic E-state index is 0.0321. The summed E-state index contributed by atoms with van der Waals surface area (Å²) in [6, 6.07) is 9.87. The van der Waals surface area contributed by atoms with Crippen LogP contribution in [-0.4, -0.2) is 24.8 Å². The van der Waals surface area contributed by atoms with Crippen molar-refractivity contribution >= 4 is 21.7 Å². The lowest BCUT2D eigenvalue weighted by Crippen LogP contribution is -2.40. The van der Waals surface area contributed by atoms with Gasteiger partial charge in [0, 0.05) is 17.7 Å². The first-order valence-electron chi connectivity index (χ1n) is 8.44. The first-order chi connectivity index (χ1) is 12.9. The number of nitro groups is 1. The molecule has 0 bridgehead atoms. The van der Waals surface area contributed by atoms with E-state index in [9.17, 15) is 23.3 Å². The predicted octanol–water partition coefficient (Wildman–Crippen LogP) is 3.34. The van der Waals surface area contributed by atoms with Gasteiger partial charge in [0.1, 0.15) is 6.61 Å². The zero-order chi connectivity index (χ0) is 21.1. The van der Waals surface area contributed by atoms with E-state index in [4.69, 9.17) is 4.74 Å². The second-order valence-electron chi connectivity index (χ2n) is 7.33. The number of aryl methyl sites for hydroxylation is 1. The highest BCUT2D eigenvalue weighted by Crippen LogP contribution is 2.19. The van der Waals surface area contributed by atoms with E-state index in [1.807, 2.05) is 0 Å². The highest BCUT2D eigenvalue weighted by molar-refractivity contribution is 7.89. The summed E-state index contributed by atoms with van der Waals surface area (Å²) in [6.45, 7) is 6.75. The van der Waals surface area contributed by atoms with Gasteiger partial charge in [-0.05, 0) is 63.1 Å². The van der Waals surface area contributed by atoms with Crippen molar-refractivity contribution in [3.63, 3.8) is 0 Å². The molecule has 28 heavy (non-hydrogen) atoms. The number of ether oxygens (including phenoxy) is 1. The molecule has 2 rings (SSSR count). The molecule has 0 aliphatic heterocycles. The molecule has 0 saturated heterocycles. The average Bonchev–Trinajstić information content (AvgIpc) is 2.58. The van der Waals surface area contributed by atoms with Crippen LogP contribution in [0.3, 0.4) is 0 Å². The van der Waals surface area contributed by atoms with Crippen LogP contribution in [0.5, 0.6) is 0 Å². The van der Waals surface area contributed by atoms with Gasteiger partial charge in [0.15, 0.2) is 0 Å². The molecule has 0 saturated carbocycles. The standard InChI is InChI=1S/C19H22N2O6S/c1-13-5-10-16(28(25,26)20-19(2,3)4)11-17(13)18(22)27-12-14-6-8-15(9-7-14)21(23)24/h5-11,20H,12H2,1-4H3. The van der Waals surface area contributed by atoms with Gasteiger partial charge in [0.2, 0.25) is 10.0 Å². The van der Waals surface area contributed by atoms with Crippen LogP contribution in [0.25, 0.3) is 0 Å². The van der Waals surface area contributed by atoms with Crippen molar-refractivity contribution in [1.29, 1.82) is 0 Å². The molecule has 0 aromatic heterocycles. The van der Waals surface area contributed by atoms with Crippen LogP contribution in [0.4, 0.5) is 5.69 Å². The zero-order valence-electron chi connectivity index (χ0n) is 16.1. The number of benzene rings is 2. The Morgan fingerprint density at radius 2 is 1.75 bits per heavy atom. The van der Waals surface area contributed by atoms with Crippen molar-refractivity contribution in [3.05, 3.63) is 69.3 Å². The maximum atomic E-state index is 12.5. The number of rotatable bonds is 6. The van der Waals surface area contributed by atoms with Crippen molar-refractivity contribution in [2.24, 2.45) is 0 Å². The Morgan fingerprint density at radius 3 is 2.29 bits per heavy atom. The SMILES string of the molecule is Cc1ccc(S(=O)(=O)NC(C)(C)C)cc1C(=O)OCc1ccc([N+](=O)[O-])cc1. The van der Waals surface area contributed by atoms with Crippen LogP contribution in [0.15, 0.2) is 47.4 Å². The van der Waals surface area contributed by atoms with Gasteiger partial charge in [-0.2, -0.15) is 0 Å². The molecule has 2 aromatic carbocycles.